The van der Waals surface area contributed by atoms with Crippen molar-refractivity contribution >= 4 is 64.0 Å². The van der Waals surface area contributed by atoms with Crippen LogP contribution in [0.3, 0.4) is 0 Å². The highest BCUT2D eigenvalue weighted by molar-refractivity contribution is 8.93. The molecule has 0 aliphatic carbocycles. The first kappa shape index (κ1) is 23.2. The molecule has 2 aromatic rings. The van der Waals surface area contributed by atoms with Gasteiger partial charge in [0, 0.05) is 10.0 Å². The maximum atomic E-state index is 5.95. The minimum Gasteiger partial charge on any atom is -0.348 e. The molecule has 0 bridgehead atoms. The number of nitrogens with zero attached hydrogens (tertiary/aromatic N) is 2. The Bertz CT molecular complexity index is 873. The zero-order valence-corrected chi connectivity index (χ0v) is 19.4. The summed E-state index contributed by atoms with van der Waals surface area (Å²) < 4.78 is 0. The van der Waals surface area contributed by atoms with Gasteiger partial charge >= 0.3 is 0 Å². The zero-order valence-electron chi connectivity index (χ0n) is 16.2. The second-order valence-corrected chi connectivity index (χ2v) is 7.96. The van der Waals surface area contributed by atoms with Gasteiger partial charge in [0.2, 0.25) is 5.96 Å². The predicted octanol–water partition coefficient (Wildman–Crippen LogP) is 5.98. The smallest absolute Gasteiger partial charge is 0.212 e. The molecule has 0 radical (unpaired) electrons. The fourth-order valence-corrected chi connectivity index (χ4v) is 2.75. The molecule has 0 amide bonds. The summed E-state index contributed by atoms with van der Waals surface area (Å²) in [6, 6.07) is 15.3. The molecule has 0 aromatic heterocycles. The van der Waals surface area contributed by atoms with Crippen LogP contribution in [-0.4, -0.2) is 23.8 Å². The first-order chi connectivity index (χ1) is 13.4. The summed E-state index contributed by atoms with van der Waals surface area (Å²) in [5.41, 5.74) is 5.77. The van der Waals surface area contributed by atoms with Gasteiger partial charge < -0.3 is 5.32 Å². The Labute approximate surface area is 192 Å². The standard InChI is InChI=1S/C22H22Cl2N4.BrH/c1-22(2)15-25-21(26-22)28-27-20(13-7-16-3-9-18(23)10-4-16)14-8-17-5-11-19(24)12-6-17;/h3-14H,15H2,1-2H3,(H2,25,26,28);1H/b13-7+,14-8+;. The Hall–Kier alpha value is -2.08. The Balaban J connectivity index is 0.00000300. The van der Waals surface area contributed by atoms with E-state index in [4.69, 9.17) is 23.2 Å². The summed E-state index contributed by atoms with van der Waals surface area (Å²) in [6.07, 6.45) is 7.83. The van der Waals surface area contributed by atoms with Crippen LogP contribution in [0.2, 0.25) is 10.0 Å². The monoisotopic (exact) mass is 492 g/mol. The molecule has 1 heterocycles. The van der Waals surface area contributed by atoms with Gasteiger partial charge in [0.05, 0.1) is 17.8 Å². The Morgan fingerprint density at radius 2 is 1.45 bits per heavy atom. The number of aliphatic imine (C=N–C) groups is 1. The molecule has 4 nitrogen and oxygen atoms in total. The number of allylic oxidation sites excluding steroid dienone is 2. The van der Waals surface area contributed by atoms with Crippen LogP contribution in [0.25, 0.3) is 12.2 Å². The van der Waals surface area contributed by atoms with Crippen molar-refractivity contribution in [3.63, 3.8) is 0 Å². The van der Waals surface area contributed by atoms with E-state index in [-0.39, 0.29) is 22.5 Å². The molecule has 2 N–H and O–H groups in total. The van der Waals surface area contributed by atoms with Crippen molar-refractivity contribution in [1.82, 2.24) is 10.7 Å². The molecule has 0 atom stereocenters. The molecule has 1 aliphatic heterocycles. The second-order valence-electron chi connectivity index (χ2n) is 7.09. The first-order valence-electron chi connectivity index (χ1n) is 8.93. The van der Waals surface area contributed by atoms with Crippen molar-refractivity contribution in [2.45, 2.75) is 19.4 Å². The van der Waals surface area contributed by atoms with E-state index in [2.05, 4.69) is 34.7 Å². The average Bonchev–Trinajstić information content (AvgIpc) is 3.02. The number of halogens is 3. The number of hydrogen-bond acceptors (Lipinski definition) is 4. The summed E-state index contributed by atoms with van der Waals surface area (Å²) in [5, 5.41) is 9.21. The maximum Gasteiger partial charge on any atom is 0.212 e. The van der Waals surface area contributed by atoms with Crippen molar-refractivity contribution in [1.29, 1.82) is 0 Å². The topological polar surface area (TPSA) is 48.8 Å². The van der Waals surface area contributed by atoms with Gasteiger partial charge in [0.25, 0.3) is 0 Å². The number of benzene rings is 2. The van der Waals surface area contributed by atoms with Crippen LogP contribution >= 0.6 is 40.2 Å². The molecular formula is C22H23BrCl2N4. The minimum atomic E-state index is -0.0592. The van der Waals surface area contributed by atoms with Gasteiger partial charge in [0.1, 0.15) is 0 Å². The Morgan fingerprint density at radius 1 is 0.966 bits per heavy atom. The largest absolute Gasteiger partial charge is 0.348 e. The Morgan fingerprint density at radius 3 is 1.86 bits per heavy atom. The van der Waals surface area contributed by atoms with Gasteiger partial charge in [0.15, 0.2) is 0 Å². The van der Waals surface area contributed by atoms with Crippen LogP contribution in [0.1, 0.15) is 25.0 Å². The molecule has 1 aliphatic rings. The van der Waals surface area contributed by atoms with Gasteiger partial charge in [-0.3, -0.25) is 0 Å². The number of rotatable bonds is 5. The number of hydrazone groups is 1. The molecule has 152 valence electrons. The van der Waals surface area contributed by atoms with Gasteiger partial charge in [-0.25, -0.2) is 10.4 Å². The van der Waals surface area contributed by atoms with E-state index in [1.165, 1.54) is 0 Å². The third kappa shape index (κ3) is 7.69. The fraction of sp³-hybridized carbons (Fsp3) is 0.182. The minimum absolute atomic E-state index is 0. The molecule has 3 rings (SSSR count). The van der Waals surface area contributed by atoms with Gasteiger partial charge in [-0.15, -0.1) is 17.0 Å². The third-order valence-corrected chi connectivity index (χ3v) is 4.52. The van der Waals surface area contributed by atoms with Crippen molar-refractivity contribution in [2.24, 2.45) is 10.1 Å². The van der Waals surface area contributed by atoms with Gasteiger partial charge in [-0.1, -0.05) is 59.6 Å². The Kier molecular flexibility index (Phi) is 8.50. The normalized spacial score (nSPS) is 15.0. The number of hydrogen-bond donors (Lipinski definition) is 2. The van der Waals surface area contributed by atoms with Crippen LogP contribution in [-0.2, 0) is 0 Å². The van der Waals surface area contributed by atoms with E-state index in [9.17, 15) is 0 Å². The zero-order chi connectivity index (χ0) is 20.0. The number of nitrogens with one attached hydrogen (secondary N) is 2. The molecule has 0 saturated heterocycles. The van der Waals surface area contributed by atoms with E-state index in [0.717, 1.165) is 16.8 Å². The lowest BCUT2D eigenvalue weighted by Gasteiger charge is -2.17. The second kappa shape index (κ2) is 10.6. The molecule has 0 unspecified atom stereocenters. The molecule has 0 fully saturated rings. The van der Waals surface area contributed by atoms with Crippen LogP contribution in [0.15, 0.2) is 70.8 Å². The van der Waals surface area contributed by atoms with E-state index in [1.54, 1.807) is 0 Å². The molecule has 2 aromatic carbocycles. The highest BCUT2D eigenvalue weighted by atomic mass is 79.9. The summed E-state index contributed by atoms with van der Waals surface area (Å²) in [4.78, 5) is 4.43. The third-order valence-electron chi connectivity index (χ3n) is 4.01. The average molecular weight is 494 g/mol. The van der Waals surface area contributed by atoms with Gasteiger partial charge in [-0.05, 0) is 61.4 Å². The van der Waals surface area contributed by atoms with Crippen LogP contribution < -0.4 is 10.7 Å². The fourth-order valence-electron chi connectivity index (χ4n) is 2.50. The molecule has 0 saturated carbocycles. The lowest BCUT2D eigenvalue weighted by molar-refractivity contribution is 0.502. The lowest BCUT2D eigenvalue weighted by atomic mass is 10.1. The highest BCUT2D eigenvalue weighted by Crippen LogP contribution is 2.13. The lowest BCUT2D eigenvalue weighted by Crippen LogP contribution is -2.43. The molecule has 0 spiro atoms. The van der Waals surface area contributed by atoms with E-state index < -0.39 is 0 Å². The van der Waals surface area contributed by atoms with Crippen molar-refractivity contribution in [2.75, 3.05) is 6.54 Å². The SMILES string of the molecule is Br.CC1(C)CN=C(NN=C(/C=C/c2ccc(Cl)cc2)/C=C/c2ccc(Cl)cc2)N1. The predicted molar refractivity (Wildman–Crippen MR) is 131 cm³/mol. The first-order valence-corrected chi connectivity index (χ1v) is 9.69. The van der Waals surface area contributed by atoms with Crippen molar-refractivity contribution < 1.29 is 0 Å². The van der Waals surface area contributed by atoms with E-state index in [0.29, 0.717) is 22.5 Å². The summed E-state index contributed by atoms with van der Waals surface area (Å²) in [6.45, 7) is 4.90. The van der Waals surface area contributed by atoms with Crippen LogP contribution in [0, 0.1) is 0 Å². The van der Waals surface area contributed by atoms with Crippen LogP contribution in [0.4, 0.5) is 0 Å². The summed E-state index contributed by atoms with van der Waals surface area (Å²) in [5.74, 6) is 0.669. The summed E-state index contributed by atoms with van der Waals surface area (Å²) in [7, 11) is 0. The highest BCUT2D eigenvalue weighted by Gasteiger charge is 2.24. The van der Waals surface area contributed by atoms with E-state index in [1.807, 2.05) is 72.8 Å². The quantitative estimate of drug-likeness (QED) is 0.397. The molecule has 7 heteroatoms. The van der Waals surface area contributed by atoms with Crippen molar-refractivity contribution in [3.8, 4) is 0 Å². The number of guanidine groups is 1. The molecular weight excluding hydrogens is 471 g/mol. The maximum absolute atomic E-state index is 5.95. The molecule has 29 heavy (non-hydrogen) atoms. The van der Waals surface area contributed by atoms with Crippen molar-refractivity contribution in [3.05, 3.63) is 81.9 Å². The van der Waals surface area contributed by atoms with Crippen LogP contribution in [0.5, 0.6) is 0 Å². The van der Waals surface area contributed by atoms with E-state index >= 15 is 0 Å². The van der Waals surface area contributed by atoms with Gasteiger partial charge in [-0.2, -0.15) is 5.10 Å². The summed E-state index contributed by atoms with van der Waals surface area (Å²) >= 11 is 11.9.